The Morgan fingerprint density at radius 1 is 0.590 bits per heavy atom. The molecule has 0 radical (unpaired) electrons. The van der Waals surface area contributed by atoms with Gasteiger partial charge in [-0.15, -0.1) is 0 Å². The first-order valence-corrected chi connectivity index (χ1v) is 14.8. The van der Waals surface area contributed by atoms with Crippen molar-refractivity contribution in [3.63, 3.8) is 0 Å². The summed E-state index contributed by atoms with van der Waals surface area (Å²) in [6.45, 7) is 16.4. The van der Waals surface area contributed by atoms with E-state index in [1.165, 1.54) is 89.9 Å². The van der Waals surface area contributed by atoms with Crippen LogP contribution in [0.25, 0.3) is 0 Å². The normalized spacial score (nSPS) is 28.0. The summed E-state index contributed by atoms with van der Waals surface area (Å²) in [6.07, 6.45) is 18.8. The zero-order valence-electron chi connectivity index (χ0n) is 23.8. The van der Waals surface area contributed by atoms with Crippen LogP contribution in [0.15, 0.2) is 24.3 Å². The minimum Gasteiger partial charge on any atom is -0.462 e. The van der Waals surface area contributed by atoms with E-state index in [0.717, 1.165) is 23.7 Å². The van der Waals surface area contributed by atoms with E-state index in [0.29, 0.717) is 36.2 Å². The Morgan fingerprint density at radius 3 is 1.23 bits per heavy atom. The van der Waals surface area contributed by atoms with Crippen molar-refractivity contribution in [3.8, 4) is 0 Å². The topological polar surface area (TPSA) is 52.6 Å². The van der Waals surface area contributed by atoms with Crippen LogP contribution in [0.4, 0.5) is 0 Å². The summed E-state index contributed by atoms with van der Waals surface area (Å²) in [5.74, 6) is 4.46. The molecule has 3 aliphatic carbocycles. The number of rotatable bonds is 9. The van der Waals surface area contributed by atoms with E-state index in [9.17, 15) is 9.59 Å². The summed E-state index contributed by atoms with van der Waals surface area (Å²) in [5.41, 5.74) is 1.01. The van der Waals surface area contributed by atoms with Gasteiger partial charge in [-0.05, 0) is 81.5 Å². The van der Waals surface area contributed by atoms with Crippen molar-refractivity contribution >= 4 is 11.9 Å². The lowest BCUT2D eigenvalue weighted by Crippen LogP contribution is -2.23. The first-order chi connectivity index (χ1) is 17.2. The van der Waals surface area contributed by atoms with E-state index in [1.807, 2.05) is 0 Å². The van der Waals surface area contributed by atoms with Gasteiger partial charge in [0.05, 0.1) is 13.2 Å². The highest BCUT2D eigenvalue weighted by Gasteiger charge is 2.27. The van der Waals surface area contributed by atoms with E-state index < -0.39 is 0 Å². The molecule has 0 atom stereocenters. The molecule has 0 aromatic carbocycles. The summed E-state index contributed by atoms with van der Waals surface area (Å²) >= 11 is 0. The van der Waals surface area contributed by atoms with Gasteiger partial charge in [0.25, 0.3) is 0 Å². The summed E-state index contributed by atoms with van der Waals surface area (Å²) in [4.78, 5) is 22.6. The number of esters is 2. The SMILES string of the molecule is C.C.C.C=C(C)C(=O)OCC1CCC(C)CC1.C=C(C)C(=O)OCC1CCC(CC2CCC(CC)CC2)CC1. The quantitative estimate of drug-likeness (QED) is 0.212. The van der Waals surface area contributed by atoms with E-state index in [-0.39, 0.29) is 34.2 Å². The van der Waals surface area contributed by atoms with E-state index in [1.54, 1.807) is 13.8 Å². The second kappa shape index (κ2) is 21.2. The molecule has 230 valence electrons. The van der Waals surface area contributed by atoms with Gasteiger partial charge < -0.3 is 9.47 Å². The molecule has 0 bridgehead atoms. The number of carbonyl (C=O) groups excluding carboxylic acids is 2. The van der Waals surface area contributed by atoms with Crippen molar-refractivity contribution in [2.75, 3.05) is 13.2 Å². The Labute approximate surface area is 243 Å². The fraction of sp³-hybridized carbons (Fsp3) is 0.829. The van der Waals surface area contributed by atoms with Gasteiger partial charge in [-0.25, -0.2) is 9.59 Å². The van der Waals surface area contributed by atoms with Crippen LogP contribution in [0, 0.1) is 35.5 Å². The predicted molar refractivity (Wildman–Crippen MR) is 169 cm³/mol. The van der Waals surface area contributed by atoms with Crippen LogP contribution in [-0.4, -0.2) is 25.2 Å². The van der Waals surface area contributed by atoms with Crippen molar-refractivity contribution in [1.82, 2.24) is 0 Å². The molecule has 0 aromatic heterocycles. The molecule has 3 saturated carbocycles. The third kappa shape index (κ3) is 15.7. The van der Waals surface area contributed by atoms with Crippen molar-refractivity contribution < 1.29 is 19.1 Å². The first kappa shape index (κ1) is 39.6. The van der Waals surface area contributed by atoms with Crippen LogP contribution in [0.1, 0.15) is 140 Å². The molecule has 0 unspecified atom stereocenters. The third-order valence-electron chi connectivity index (χ3n) is 8.91. The number of ether oxygens (including phenoxy) is 2. The monoisotopic (exact) mass is 550 g/mol. The van der Waals surface area contributed by atoms with Crippen LogP contribution in [0.2, 0.25) is 0 Å². The summed E-state index contributed by atoms with van der Waals surface area (Å²) in [6, 6.07) is 0. The van der Waals surface area contributed by atoms with E-state index in [2.05, 4.69) is 27.0 Å². The van der Waals surface area contributed by atoms with E-state index in [4.69, 9.17) is 9.47 Å². The molecule has 0 aromatic rings. The van der Waals surface area contributed by atoms with Crippen LogP contribution < -0.4 is 0 Å². The lowest BCUT2D eigenvalue weighted by atomic mass is 9.73. The van der Waals surface area contributed by atoms with Gasteiger partial charge in [0.1, 0.15) is 0 Å². The minimum absolute atomic E-state index is 0. The maximum atomic E-state index is 11.4. The molecule has 0 heterocycles. The maximum absolute atomic E-state index is 11.4. The second-order valence-electron chi connectivity index (χ2n) is 12.3. The van der Waals surface area contributed by atoms with Crippen LogP contribution in [0.5, 0.6) is 0 Å². The molecule has 0 aliphatic heterocycles. The Kier molecular flexibility index (Phi) is 21.5. The van der Waals surface area contributed by atoms with Gasteiger partial charge in [0.2, 0.25) is 0 Å². The van der Waals surface area contributed by atoms with Crippen molar-refractivity contribution in [3.05, 3.63) is 24.3 Å². The molecule has 0 amide bonds. The van der Waals surface area contributed by atoms with Crippen LogP contribution >= 0.6 is 0 Å². The lowest BCUT2D eigenvalue weighted by Gasteiger charge is -2.33. The van der Waals surface area contributed by atoms with Crippen molar-refractivity contribution in [2.24, 2.45) is 35.5 Å². The molecule has 3 fully saturated rings. The van der Waals surface area contributed by atoms with Gasteiger partial charge in [0.15, 0.2) is 0 Å². The van der Waals surface area contributed by atoms with E-state index >= 15 is 0 Å². The smallest absolute Gasteiger partial charge is 0.333 e. The average Bonchev–Trinajstić information content (AvgIpc) is 2.88. The minimum atomic E-state index is -0.247. The average molecular weight is 551 g/mol. The second-order valence-corrected chi connectivity index (χ2v) is 12.3. The third-order valence-corrected chi connectivity index (χ3v) is 8.91. The zero-order chi connectivity index (χ0) is 26.5. The summed E-state index contributed by atoms with van der Waals surface area (Å²) in [7, 11) is 0. The number of hydrogen-bond acceptors (Lipinski definition) is 4. The van der Waals surface area contributed by atoms with Gasteiger partial charge in [-0.3, -0.25) is 0 Å². The molecule has 0 N–H and O–H groups in total. The highest BCUT2D eigenvalue weighted by Crippen LogP contribution is 2.39. The molecule has 39 heavy (non-hydrogen) atoms. The van der Waals surface area contributed by atoms with Crippen LogP contribution in [-0.2, 0) is 19.1 Å². The fourth-order valence-electron chi connectivity index (χ4n) is 6.11. The number of carbonyl (C=O) groups is 2. The predicted octanol–water partition coefficient (Wildman–Crippen LogP) is 10.4. The highest BCUT2D eigenvalue weighted by atomic mass is 16.5. The summed E-state index contributed by atoms with van der Waals surface area (Å²) < 4.78 is 10.5. The molecule has 4 nitrogen and oxygen atoms in total. The molecule has 0 spiro atoms. The molecule has 3 aliphatic rings. The standard InChI is InChI=1S/C20H34O2.C12H20O2.3CH4/c1-4-16-5-7-17(8-6-16)13-18-9-11-19(12-10-18)14-22-20(21)15(2)3;1-9(2)12(13)14-8-11-6-4-10(3)5-7-11;;;/h16-19H,2,4-14H2,1,3H3;10-11H,1,4-8H2,2-3H3;3*1H4. The van der Waals surface area contributed by atoms with Gasteiger partial charge in [0, 0.05) is 11.1 Å². The lowest BCUT2D eigenvalue weighted by molar-refractivity contribution is -0.141. The first-order valence-electron chi connectivity index (χ1n) is 14.8. The summed E-state index contributed by atoms with van der Waals surface area (Å²) in [5, 5.41) is 0. The van der Waals surface area contributed by atoms with Crippen LogP contribution in [0.3, 0.4) is 0 Å². The molecular weight excluding hydrogens is 484 g/mol. The van der Waals surface area contributed by atoms with Gasteiger partial charge in [-0.1, -0.05) is 107 Å². The highest BCUT2D eigenvalue weighted by molar-refractivity contribution is 5.87. The Balaban J connectivity index is 0. The van der Waals surface area contributed by atoms with Crippen molar-refractivity contribution in [2.45, 2.75) is 140 Å². The zero-order valence-corrected chi connectivity index (χ0v) is 23.8. The molecule has 0 saturated heterocycles. The number of hydrogen-bond donors (Lipinski definition) is 0. The largest absolute Gasteiger partial charge is 0.462 e. The fourth-order valence-corrected chi connectivity index (χ4v) is 6.11. The van der Waals surface area contributed by atoms with Gasteiger partial charge in [-0.2, -0.15) is 0 Å². The Hall–Kier alpha value is -1.58. The Morgan fingerprint density at radius 2 is 0.897 bits per heavy atom. The molecule has 3 rings (SSSR count). The Bertz CT molecular complexity index is 687. The molecular formula is C35H66O4. The maximum Gasteiger partial charge on any atom is 0.333 e. The van der Waals surface area contributed by atoms with Crippen molar-refractivity contribution in [1.29, 1.82) is 0 Å². The molecule has 4 heteroatoms. The van der Waals surface area contributed by atoms with Gasteiger partial charge >= 0.3 is 11.9 Å².